The highest BCUT2D eigenvalue weighted by Crippen LogP contribution is 2.25. The Morgan fingerprint density at radius 2 is 2.31 bits per heavy atom. The molecule has 0 atom stereocenters. The maximum atomic E-state index is 5.12. The van der Waals surface area contributed by atoms with Gasteiger partial charge in [-0.3, -0.25) is 0 Å². The van der Waals surface area contributed by atoms with E-state index in [2.05, 4.69) is 45.1 Å². The molecule has 0 saturated carbocycles. The van der Waals surface area contributed by atoms with Gasteiger partial charge in [-0.15, -0.1) is 0 Å². The monoisotopic (exact) mass is 352 g/mol. The van der Waals surface area contributed by atoms with Gasteiger partial charge in [0, 0.05) is 8.90 Å². The van der Waals surface area contributed by atoms with Crippen LogP contribution in [0.2, 0.25) is 0 Å². The number of rotatable bonds is 3. The summed E-state index contributed by atoms with van der Waals surface area (Å²) >= 11 is 5.67. The van der Waals surface area contributed by atoms with Crippen molar-refractivity contribution in [1.29, 1.82) is 0 Å². The van der Waals surface area contributed by atoms with E-state index in [0.29, 0.717) is 0 Å². The molecule has 0 heterocycles. The van der Waals surface area contributed by atoms with Crippen molar-refractivity contribution in [3.8, 4) is 5.75 Å². The first-order valence-electron chi connectivity index (χ1n) is 3.76. The third-order valence-electron chi connectivity index (χ3n) is 1.72. The van der Waals surface area contributed by atoms with Crippen molar-refractivity contribution in [3.63, 3.8) is 0 Å². The highest BCUT2D eigenvalue weighted by Gasteiger charge is 2.03. The van der Waals surface area contributed by atoms with E-state index >= 15 is 0 Å². The highest BCUT2D eigenvalue weighted by molar-refractivity contribution is 14.1. The average molecular weight is 353 g/mol. The fraction of sp³-hybridized carbons (Fsp3) is 0.200. The molecule has 0 fully saturated rings. The topological polar surface area (TPSA) is 9.23 Å². The molecular weight excluding hydrogens is 343 g/mol. The summed E-state index contributed by atoms with van der Waals surface area (Å²) in [5.41, 5.74) is 2.27. The van der Waals surface area contributed by atoms with E-state index in [1.165, 1.54) is 9.13 Å². The molecule has 0 unspecified atom stereocenters. The highest BCUT2D eigenvalue weighted by atomic mass is 127. The lowest BCUT2D eigenvalue weighted by molar-refractivity contribution is 0.414. The zero-order valence-electron chi connectivity index (χ0n) is 7.31. The molecule has 0 bridgehead atoms. The van der Waals surface area contributed by atoms with E-state index in [1.54, 1.807) is 7.11 Å². The minimum absolute atomic E-state index is 0.801. The van der Waals surface area contributed by atoms with Crippen LogP contribution in [-0.2, 0) is 0 Å². The van der Waals surface area contributed by atoms with Crippen LogP contribution in [0.4, 0.5) is 0 Å². The van der Waals surface area contributed by atoms with Gasteiger partial charge in [0.2, 0.25) is 0 Å². The van der Waals surface area contributed by atoms with E-state index in [-0.39, 0.29) is 0 Å². The van der Waals surface area contributed by atoms with Crippen LogP contribution >= 0.6 is 38.5 Å². The maximum Gasteiger partial charge on any atom is 0.119 e. The van der Waals surface area contributed by atoms with Crippen LogP contribution in [0.15, 0.2) is 24.8 Å². The first kappa shape index (κ1) is 11.0. The Kier molecular flexibility index (Phi) is 4.25. The minimum Gasteiger partial charge on any atom is -0.497 e. The summed E-state index contributed by atoms with van der Waals surface area (Å²) < 4.78 is 6.29. The molecule has 0 aromatic heterocycles. The second kappa shape index (κ2) is 5.00. The van der Waals surface area contributed by atoms with Gasteiger partial charge in [-0.1, -0.05) is 22.5 Å². The summed E-state index contributed by atoms with van der Waals surface area (Å²) in [6.07, 6.45) is 0. The third-order valence-corrected chi connectivity index (χ3v) is 3.29. The molecule has 0 aliphatic carbocycles. The first-order valence-corrected chi connectivity index (χ1v) is 5.96. The Morgan fingerprint density at radius 1 is 1.62 bits per heavy atom. The van der Waals surface area contributed by atoms with Crippen LogP contribution in [0.1, 0.15) is 5.56 Å². The number of alkyl halides is 1. The second-order valence-corrected chi connectivity index (χ2v) is 4.31. The molecule has 70 valence electrons. The Morgan fingerprint density at radius 3 is 2.77 bits per heavy atom. The molecule has 0 aliphatic rings. The van der Waals surface area contributed by atoms with Gasteiger partial charge in [0.25, 0.3) is 0 Å². The fourth-order valence-electron chi connectivity index (χ4n) is 0.982. The molecule has 0 aliphatic heterocycles. The lowest BCUT2D eigenvalue weighted by Gasteiger charge is -2.07. The van der Waals surface area contributed by atoms with Crippen LogP contribution in [0, 0.1) is 3.57 Å². The third kappa shape index (κ3) is 2.71. The number of allylic oxidation sites excluding steroid dienone is 1. The van der Waals surface area contributed by atoms with Crippen molar-refractivity contribution < 1.29 is 4.74 Å². The SMILES string of the molecule is C=C(CBr)c1ccc(OC)cc1I. The Hall–Kier alpha value is -0.0300. The summed E-state index contributed by atoms with van der Waals surface area (Å²) in [5.74, 6) is 0.885. The van der Waals surface area contributed by atoms with Crippen LogP contribution in [0.25, 0.3) is 5.57 Å². The molecule has 0 spiro atoms. The molecule has 1 nitrogen and oxygen atoms in total. The summed E-state index contributed by atoms with van der Waals surface area (Å²) in [5, 5.41) is 0.801. The number of methoxy groups -OCH3 is 1. The second-order valence-electron chi connectivity index (χ2n) is 2.58. The smallest absolute Gasteiger partial charge is 0.119 e. The van der Waals surface area contributed by atoms with E-state index in [1.807, 2.05) is 18.2 Å². The van der Waals surface area contributed by atoms with Crippen LogP contribution in [0.5, 0.6) is 5.75 Å². The van der Waals surface area contributed by atoms with Gasteiger partial charge in [-0.2, -0.15) is 0 Å². The Balaban J connectivity index is 3.05. The maximum absolute atomic E-state index is 5.12. The molecule has 1 rings (SSSR count). The first-order chi connectivity index (χ1) is 6.19. The molecule has 0 amide bonds. The van der Waals surface area contributed by atoms with Gasteiger partial charge in [0.15, 0.2) is 0 Å². The normalized spacial score (nSPS) is 9.77. The molecule has 13 heavy (non-hydrogen) atoms. The fourth-order valence-corrected chi connectivity index (χ4v) is 2.15. The summed E-state index contributed by atoms with van der Waals surface area (Å²) in [7, 11) is 1.67. The van der Waals surface area contributed by atoms with Crippen molar-refractivity contribution >= 4 is 44.1 Å². The summed E-state index contributed by atoms with van der Waals surface area (Å²) in [4.78, 5) is 0. The number of hydrogen-bond donors (Lipinski definition) is 0. The van der Waals surface area contributed by atoms with Crippen LogP contribution < -0.4 is 4.74 Å². The quantitative estimate of drug-likeness (QED) is 0.595. The van der Waals surface area contributed by atoms with E-state index in [4.69, 9.17) is 4.74 Å². The van der Waals surface area contributed by atoms with Crippen LogP contribution in [-0.4, -0.2) is 12.4 Å². The standard InChI is InChI=1S/C10H10BrIO/c1-7(6-11)9-4-3-8(13-2)5-10(9)12/h3-5H,1,6H2,2H3. The number of benzene rings is 1. The average Bonchev–Trinajstić information content (AvgIpc) is 2.16. The number of hydrogen-bond acceptors (Lipinski definition) is 1. The van der Waals surface area contributed by atoms with Gasteiger partial charge in [-0.05, 0) is 51.9 Å². The lowest BCUT2D eigenvalue weighted by Crippen LogP contribution is -1.90. The number of ether oxygens (including phenoxy) is 1. The van der Waals surface area contributed by atoms with Crippen molar-refractivity contribution in [1.82, 2.24) is 0 Å². The van der Waals surface area contributed by atoms with E-state index < -0.39 is 0 Å². The molecule has 1 aromatic carbocycles. The largest absolute Gasteiger partial charge is 0.497 e. The minimum atomic E-state index is 0.801. The van der Waals surface area contributed by atoms with Gasteiger partial charge in [0.1, 0.15) is 5.75 Å². The zero-order chi connectivity index (χ0) is 9.84. The van der Waals surface area contributed by atoms with E-state index in [9.17, 15) is 0 Å². The van der Waals surface area contributed by atoms with Crippen molar-refractivity contribution in [2.24, 2.45) is 0 Å². The zero-order valence-corrected chi connectivity index (χ0v) is 11.1. The van der Waals surface area contributed by atoms with Gasteiger partial charge >= 0.3 is 0 Å². The Labute approximate surface area is 100 Å². The van der Waals surface area contributed by atoms with Crippen molar-refractivity contribution in [2.75, 3.05) is 12.4 Å². The lowest BCUT2D eigenvalue weighted by atomic mass is 10.1. The van der Waals surface area contributed by atoms with E-state index in [0.717, 1.165) is 16.7 Å². The van der Waals surface area contributed by atoms with Gasteiger partial charge in [-0.25, -0.2) is 0 Å². The summed E-state index contributed by atoms with van der Waals surface area (Å²) in [6, 6.07) is 5.99. The van der Waals surface area contributed by atoms with Crippen molar-refractivity contribution in [3.05, 3.63) is 33.9 Å². The molecule has 0 saturated heterocycles. The van der Waals surface area contributed by atoms with Gasteiger partial charge < -0.3 is 4.74 Å². The molecule has 0 N–H and O–H groups in total. The predicted molar refractivity (Wildman–Crippen MR) is 68.5 cm³/mol. The van der Waals surface area contributed by atoms with Crippen LogP contribution in [0.3, 0.4) is 0 Å². The Bertz CT molecular complexity index is 323. The predicted octanol–water partition coefficient (Wildman–Crippen LogP) is 3.71. The molecule has 3 heteroatoms. The molecule has 0 radical (unpaired) electrons. The number of halogens is 2. The molecular formula is C10H10BrIO. The van der Waals surface area contributed by atoms with Crippen molar-refractivity contribution in [2.45, 2.75) is 0 Å². The molecule has 1 aromatic rings. The summed E-state index contributed by atoms with van der Waals surface area (Å²) in [6.45, 7) is 3.97. The van der Waals surface area contributed by atoms with Gasteiger partial charge in [0.05, 0.1) is 7.11 Å².